The molecule has 0 saturated heterocycles. The highest BCUT2D eigenvalue weighted by molar-refractivity contribution is 5.88. The number of carbonyl (C=O) groups is 3. The fraction of sp³-hybridized carbons (Fsp3) is 0.522. The molecule has 0 aliphatic heterocycles. The second-order valence-corrected chi connectivity index (χ2v) is 8.46. The standard InChI is InChI=1S/C23H29N3O6/c1-2-8-16(20(27)28)14-23(11-6-7-12-23)22(31)24-17(21(29)30)13-18-25-19(26-32-18)15-9-4-3-5-10-15/h3-5,9-10,16-17H,2,6-8,11-14H2,1H3,(H,24,31)(H,27,28)(H,29,30)/t16-,17+/m1/s1. The Hall–Kier alpha value is -3.23. The van der Waals surface area contributed by atoms with Crippen molar-refractivity contribution < 1.29 is 29.1 Å². The highest BCUT2D eigenvalue weighted by Crippen LogP contribution is 2.44. The van der Waals surface area contributed by atoms with Gasteiger partial charge in [0.05, 0.1) is 17.8 Å². The summed E-state index contributed by atoms with van der Waals surface area (Å²) in [5.41, 5.74) is -0.130. The number of rotatable bonds is 11. The molecule has 2 atom stereocenters. The Morgan fingerprint density at radius 2 is 1.81 bits per heavy atom. The molecular weight excluding hydrogens is 414 g/mol. The molecule has 3 N–H and O–H groups in total. The molecule has 9 nitrogen and oxygen atoms in total. The summed E-state index contributed by atoms with van der Waals surface area (Å²) >= 11 is 0. The first kappa shape index (κ1) is 23.4. The smallest absolute Gasteiger partial charge is 0.326 e. The average molecular weight is 444 g/mol. The first-order valence-electron chi connectivity index (χ1n) is 11.0. The molecule has 3 rings (SSSR count). The fourth-order valence-electron chi connectivity index (χ4n) is 4.44. The Morgan fingerprint density at radius 3 is 2.41 bits per heavy atom. The topological polar surface area (TPSA) is 143 Å². The van der Waals surface area contributed by atoms with Crippen LogP contribution in [-0.4, -0.2) is 44.2 Å². The lowest BCUT2D eigenvalue weighted by molar-refractivity contribution is -0.147. The summed E-state index contributed by atoms with van der Waals surface area (Å²) in [6.07, 6.45) is 3.97. The van der Waals surface area contributed by atoms with Crippen LogP contribution in [0.3, 0.4) is 0 Å². The molecule has 0 spiro atoms. The summed E-state index contributed by atoms with van der Waals surface area (Å²) in [7, 11) is 0. The Morgan fingerprint density at radius 1 is 1.12 bits per heavy atom. The molecule has 1 aromatic carbocycles. The molecule has 1 aliphatic carbocycles. The molecule has 172 valence electrons. The molecule has 0 bridgehead atoms. The van der Waals surface area contributed by atoms with Gasteiger partial charge in [0.1, 0.15) is 6.04 Å². The molecule has 1 heterocycles. The molecule has 1 amide bonds. The van der Waals surface area contributed by atoms with Crippen molar-refractivity contribution in [3.8, 4) is 11.4 Å². The third kappa shape index (κ3) is 5.52. The third-order valence-corrected chi connectivity index (χ3v) is 6.15. The van der Waals surface area contributed by atoms with Crippen molar-refractivity contribution in [1.82, 2.24) is 15.5 Å². The predicted molar refractivity (Wildman–Crippen MR) is 115 cm³/mol. The Kier molecular flexibility index (Phi) is 7.61. The molecule has 2 aromatic rings. The molecule has 32 heavy (non-hydrogen) atoms. The number of nitrogens with one attached hydrogen (secondary N) is 1. The van der Waals surface area contributed by atoms with E-state index in [1.165, 1.54) is 0 Å². The van der Waals surface area contributed by atoms with Gasteiger partial charge in [0.25, 0.3) is 0 Å². The zero-order valence-electron chi connectivity index (χ0n) is 18.1. The third-order valence-electron chi connectivity index (χ3n) is 6.15. The van der Waals surface area contributed by atoms with Crippen molar-refractivity contribution in [2.75, 3.05) is 0 Å². The number of carboxylic acids is 2. The van der Waals surface area contributed by atoms with Crippen molar-refractivity contribution in [3.05, 3.63) is 36.2 Å². The maximum absolute atomic E-state index is 13.2. The van der Waals surface area contributed by atoms with Crippen molar-refractivity contribution in [2.24, 2.45) is 11.3 Å². The van der Waals surface area contributed by atoms with Crippen LogP contribution >= 0.6 is 0 Å². The molecule has 1 aromatic heterocycles. The van der Waals surface area contributed by atoms with Crippen LogP contribution in [0.2, 0.25) is 0 Å². The summed E-state index contributed by atoms with van der Waals surface area (Å²) in [6, 6.07) is 7.88. The van der Waals surface area contributed by atoms with Gasteiger partial charge in [-0.3, -0.25) is 9.59 Å². The first-order chi connectivity index (χ1) is 15.3. The van der Waals surface area contributed by atoms with Gasteiger partial charge in [0, 0.05) is 5.56 Å². The number of aromatic nitrogens is 2. The number of aliphatic carboxylic acids is 2. The molecular formula is C23H29N3O6. The zero-order chi connectivity index (χ0) is 23.1. The van der Waals surface area contributed by atoms with E-state index in [1.54, 1.807) is 0 Å². The zero-order valence-corrected chi connectivity index (χ0v) is 18.1. The van der Waals surface area contributed by atoms with Gasteiger partial charge < -0.3 is 20.1 Å². The van der Waals surface area contributed by atoms with Crippen LogP contribution in [-0.2, 0) is 20.8 Å². The van der Waals surface area contributed by atoms with Crippen molar-refractivity contribution in [2.45, 2.75) is 64.3 Å². The van der Waals surface area contributed by atoms with Gasteiger partial charge in [0.2, 0.25) is 17.6 Å². The number of hydrogen-bond donors (Lipinski definition) is 3. The monoisotopic (exact) mass is 443 g/mol. The van der Waals surface area contributed by atoms with E-state index in [9.17, 15) is 24.6 Å². The van der Waals surface area contributed by atoms with E-state index >= 15 is 0 Å². The van der Waals surface area contributed by atoms with E-state index in [2.05, 4.69) is 15.5 Å². The molecule has 1 aliphatic rings. The highest BCUT2D eigenvalue weighted by Gasteiger charge is 2.45. The van der Waals surface area contributed by atoms with Crippen LogP contribution in [0, 0.1) is 11.3 Å². The minimum atomic E-state index is -1.25. The average Bonchev–Trinajstić information content (AvgIpc) is 3.44. The van der Waals surface area contributed by atoms with Gasteiger partial charge in [-0.2, -0.15) is 4.98 Å². The van der Waals surface area contributed by atoms with Crippen LogP contribution in [0.4, 0.5) is 0 Å². The first-order valence-corrected chi connectivity index (χ1v) is 11.0. The fourth-order valence-corrected chi connectivity index (χ4v) is 4.44. The molecule has 0 radical (unpaired) electrons. The van der Waals surface area contributed by atoms with Gasteiger partial charge >= 0.3 is 11.9 Å². The maximum atomic E-state index is 13.2. The van der Waals surface area contributed by atoms with E-state index in [1.807, 2.05) is 37.3 Å². The lowest BCUT2D eigenvalue weighted by Crippen LogP contribution is -2.49. The summed E-state index contributed by atoms with van der Waals surface area (Å²) in [5, 5.41) is 25.8. The molecule has 0 unspecified atom stereocenters. The second-order valence-electron chi connectivity index (χ2n) is 8.46. The van der Waals surface area contributed by atoms with Crippen LogP contribution in [0.15, 0.2) is 34.9 Å². The van der Waals surface area contributed by atoms with E-state index in [4.69, 9.17) is 4.52 Å². The van der Waals surface area contributed by atoms with Gasteiger partial charge in [-0.15, -0.1) is 0 Å². The van der Waals surface area contributed by atoms with E-state index in [0.717, 1.165) is 18.4 Å². The largest absolute Gasteiger partial charge is 0.481 e. The van der Waals surface area contributed by atoms with E-state index < -0.39 is 35.2 Å². The number of carbonyl (C=O) groups excluding carboxylic acids is 1. The Labute approximate surface area is 186 Å². The number of nitrogens with zero attached hydrogens (tertiary/aromatic N) is 2. The van der Waals surface area contributed by atoms with Crippen LogP contribution < -0.4 is 5.32 Å². The lowest BCUT2D eigenvalue weighted by atomic mass is 9.75. The van der Waals surface area contributed by atoms with Crippen LogP contribution in [0.25, 0.3) is 11.4 Å². The molecule has 9 heteroatoms. The molecule has 1 saturated carbocycles. The lowest BCUT2D eigenvalue weighted by Gasteiger charge is -2.31. The number of hydrogen-bond acceptors (Lipinski definition) is 6. The maximum Gasteiger partial charge on any atom is 0.326 e. The highest BCUT2D eigenvalue weighted by atomic mass is 16.5. The minimum Gasteiger partial charge on any atom is -0.481 e. The van der Waals surface area contributed by atoms with Crippen LogP contribution in [0.1, 0.15) is 57.8 Å². The predicted octanol–water partition coefficient (Wildman–Crippen LogP) is 3.30. The van der Waals surface area contributed by atoms with Gasteiger partial charge in [-0.25, -0.2) is 4.79 Å². The van der Waals surface area contributed by atoms with E-state index in [0.29, 0.717) is 31.5 Å². The second kappa shape index (κ2) is 10.4. The summed E-state index contributed by atoms with van der Waals surface area (Å²) < 4.78 is 5.21. The normalized spacial score (nSPS) is 16.9. The Balaban J connectivity index is 1.73. The summed E-state index contributed by atoms with van der Waals surface area (Å²) in [5.74, 6) is -2.73. The van der Waals surface area contributed by atoms with Crippen LogP contribution in [0.5, 0.6) is 0 Å². The number of carboxylic acid groups (broad SMARTS) is 2. The number of amides is 1. The van der Waals surface area contributed by atoms with E-state index in [-0.39, 0.29) is 18.7 Å². The van der Waals surface area contributed by atoms with Crippen molar-refractivity contribution >= 4 is 17.8 Å². The summed E-state index contributed by atoms with van der Waals surface area (Å²) in [4.78, 5) is 41.0. The van der Waals surface area contributed by atoms with Gasteiger partial charge in [0.15, 0.2) is 0 Å². The Bertz CT molecular complexity index is 936. The summed E-state index contributed by atoms with van der Waals surface area (Å²) in [6.45, 7) is 1.91. The van der Waals surface area contributed by atoms with Gasteiger partial charge in [-0.05, 0) is 25.7 Å². The number of benzene rings is 1. The van der Waals surface area contributed by atoms with Crippen molar-refractivity contribution in [3.63, 3.8) is 0 Å². The van der Waals surface area contributed by atoms with Crippen molar-refractivity contribution in [1.29, 1.82) is 0 Å². The SMILES string of the molecule is CCC[C@H](CC1(C(=O)N[C@@H](Cc2nc(-c3ccccc3)no2)C(=O)O)CCCC1)C(=O)O. The van der Waals surface area contributed by atoms with Gasteiger partial charge in [-0.1, -0.05) is 61.7 Å². The minimum absolute atomic E-state index is 0.103. The quantitative estimate of drug-likeness (QED) is 0.480. The molecule has 1 fully saturated rings.